The first-order valence-electron chi connectivity index (χ1n) is 4.65. The van der Waals surface area contributed by atoms with E-state index in [1.807, 2.05) is 6.07 Å². The van der Waals surface area contributed by atoms with E-state index >= 15 is 0 Å². The van der Waals surface area contributed by atoms with Crippen LogP contribution in [0.1, 0.15) is 5.56 Å². The Hall–Kier alpha value is -1.40. The molecule has 1 fully saturated rings. The van der Waals surface area contributed by atoms with Crippen molar-refractivity contribution in [1.29, 1.82) is 5.26 Å². The number of halogens is 1. The summed E-state index contributed by atoms with van der Waals surface area (Å²) >= 11 is 0. The molecule has 72 valence electrons. The second-order valence-electron chi connectivity index (χ2n) is 3.61. The third kappa shape index (κ3) is 1.75. The minimum absolute atomic E-state index is 0.141. The summed E-state index contributed by atoms with van der Waals surface area (Å²) in [5.41, 5.74) is 0.712. The van der Waals surface area contributed by atoms with Crippen molar-refractivity contribution >= 4 is 0 Å². The summed E-state index contributed by atoms with van der Waals surface area (Å²) < 4.78 is 13.2. The molecular weight excluding hydrogens is 179 g/mol. The molecule has 0 saturated carbocycles. The van der Waals surface area contributed by atoms with Gasteiger partial charge in [-0.2, -0.15) is 5.26 Å². The molecule has 0 radical (unpaired) electrons. The van der Waals surface area contributed by atoms with Crippen molar-refractivity contribution in [2.45, 2.75) is 6.54 Å². The number of benzene rings is 1. The standard InChI is InChI=1S/C11H11FN2/c12-11-4-2-1-3-10(11)8-14-6-9(5-13)7-14/h1-4,9H,6-8H2. The predicted octanol–water partition coefficient (Wildman–Crippen LogP) is 1.78. The summed E-state index contributed by atoms with van der Waals surface area (Å²) in [6.07, 6.45) is 0. The first kappa shape index (κ1) is 9.17. The molecule has 1 aliphatic heterocycles. The number of nitriles is 1. The highest BCUT2D eigenvalue weighted by Gasteiger charge is 2.26. The van der Waals surface area contributed by atoms with Gasteiger partial charge in [0.05, 0.1) is 12.0 Å². The lowest BCUT2D eigenvalue weighted by molar-refractivity contribution is 0.125. The number of hydrogen-bond donors (Lipinski definition) is 0. The third-order valence-electron chi connectivity index (χ3n) is 2.49. The van der Waals surface area contributed by atoms with E-state index < -0.39 is 0 Å². The van der Waals surface area contributed by atoms with Gasteiger partial charge in [-0.25, -0.2) is 4.39 Å². The van der Waals surface area contributed by atoms with Gasteiger partial charge < -0.3 is 0 Å². The maximum absolute atomic E-state index is 13.2. The summed E-state index contributed by atoms with van der Waals surface area (Å²) in [5.74, 6) is -0.0188. The van der Waals surface area contributed by atoms with Crippen LogP contribution in [0.4, 0.5) is 4.39 Å². The molecule has 0 aliphatic carbocycles. The van der Waals surface area contributed by atoms with Crippen LogP contribution >= 0.6 is 0 Å². The molecule has 0 unspecified atom stereocenters. The molecule has 1 aromatic carbocycles. The zero-order valence-electron chi connectivity index (χ0n) is 7.78. The Balaban J connectivity index is 1.94. The van der Waals surface area contributed by atoms with Crippen molar-refractivity contribution in [2.75, 3.05) is 13.1 Å². The van der Waals surface area contributed by atoms with Gasteiger partial charge >= 0.3 is 0 Å². The molecule has 1 aliphatic rings. The van der Waals surface area contributed by atoms with Crippen molar-refractivity contribution < 1.29 is 4.39 Å². The van der Waals surface area contributed by atoms with E-state index in [-0.39, 0.29) is 11.7 Å². The van der Waals surface area contributed by atoms with E-state index in [4.69, 9.17) is 5.26 Å². The Morgan fingerprint density at radius 2 is 2.14 bits per heavy atom. The van der Waals surface area contributed by atoms with Gasteiger partial charge in [-0.05, 0) is 6.07 Å². The fraction of sp³-hybridized carbons (Fsp3) is 0.364. The van der Waals surface area contributed by atoms with Gasteiger partial charge in [-0.15, -0.1) is 0 Å². The summed E-state index contributed by atoms with van der Waals surface area (Å²) in [6, 6.07) is 8.97. The Labute approximate surface area is 82.6 Å². The van der Waals surface area contributed by atoms with Gasteiger partial charge in [-0.1, -0.05) is 18.2 Å². The molecule has 0 aromatic heterocycles. The van der Waals surface area contributed by atoms with E-state index in [1.54, 1.807) is 12.1 Å². The molecule has 14 heavy (non-hydrogen) atoms. The summed E-state index contributed by atoms with van der Waals surface area (Å²) in [7, 11) is 0. The van der Waals surface area contributed by atoms with Crippen LogP contribution in [0, 0.1) is 23.1 Å². The molecule has 0 N–H and O–H groups in total. The quantitative estimate of drug-likeness (QED) is 0.710. The van der Waals surface area contributed by atoms with E-state index in [1.165, 1.54) is 6.07 Å². The van der Waals surface area contributed by atoms with Crippen LogP contribution in [0.5, 0.6) is 0 Å². The highest BCUT2D eigenvalue weighted by Crippen LogP contribution is 2.18. The molecule has 0 spiro atoms. The summed E-state index contributed by atoms with van der Waals surface area (Å²) in [5, 5.41) is 8.57. The van der Waals surface area contributed by atoms with Crippen LogP contribution in [0.3, 0.4) is 0 Å². The summed E-state index contributed by atoms with van der Waals surface area (Å²) in [4.78, 5) is 2.08. The fourth-order valence-corrected chi connectivity index (χ4v) is 1.65. The van der Waals surface area contributed by atoms with Crippen LogP contribution in [0.25, 0.3) is 0 Å². The van der Waals surface area contributed by atoms with Crippen LogP contribution in [0.2, 0.25) is 0 Å². The highest BCUT2D eigenvalue weighted by atomic mass is 19.1. The van der Waals surface area contributed by atoms with Crippen LogP contribution < -0.4 is 0 Å². The van der Waals surface area contributed by atoms with Crippen molar-refractivity contribution in [3.05, 3.63) is 35.6 Å². The second-order valence-corrected chi connectivity index (χ2v) is 3.61. The molecule has 0 bridgehead atoms. The first-order chi connectivity index (χ1) is 6.79. The topological polar surface area (TPSA) is 27.0 Å². The highest BCUT2D eigenvalue weighted by molar-refractivity contribution is 5.17. The van der Waals surface area contributed by atoms with Gasteiger partial charge in [0.1, 0.15) is 5.82 Å². The molecule has 3 heteroatoms. The monoisotopic (exact) mass is 190 g/mol. The average Bonchev–Trinajstić information content (AvgIpc) is 2.13. The Morgan fingerprint density at radius 3 is 2.79 bits per heavy atom. The first-order valence-corrected chi connectivity index (χ1v) is 4.65. The van der Waals surface area contributed by atoms with Gasteiger partial charge in [0.15, 0.2) is 0 Å². The normalized spacial score (nSPS) is 17.4. The third-order valence-corrected chi connectivity index (χ3v) is 2.49. The van der Waals surface area contributed by atoms with Gasteiger partial charge in [-0.3, -0.25) is 4.90 Å². The maximum atomic E-state index is 13.2. The Morgan fingerprint density at radius 1 is 1.43 bits per heavy atom. The van der Waals surface area contributed by atoms with Crippen LogP contribution in [-0.2, 0) is 6.54 Å². The van der Waals surface area contributed by atoms with Crippen molar-refractivity contribution in [2.24, 2.45) is 5.92 Å². The molecular formula is C11H11FN2. The number of rotatable bonds is 2. The minimum Gasteiger partial charge on any atom is -0.296 e. The van der Waals surface area contributed by atoms with Gasteiger partial charge in [0.2, 0.25) is 0 Å². The second kappa shape index (κ2) is 3.77. The number of hydrogen-bond acceptors (Lipinski definition) is 2. The molecule has 1 heterocycles. The van der Waals surface area contributed by atoms with E-state index in [2.05, 4.69) is 11.0 Å². The van der Waals surface area contributed by atoms with Crippen molar-refractivity contribution in [3.63, 3.8) is 0 Å². The van der Waals surface area contributed by atoms with Crippen molar-refractivity contribution in [3.8, 4) is 6.07 Å². The Kier molecular flexibility index (Phi) is 2.47. The lowest BCUT2D eigenvalue weighted by Gasteiger charge is -2.35. The molecule has 2 nitrogen and oxygen atoms in total. The maximum Gasteiger partial charge on any atom is 0.127 e. The fourth-order valence-electron chi connectivity index (χ4n) is 1.65. The van der Waals surface area contributed by atoms with E-state index in [9.17, 15) is 4.39 Å². The van der Waals surface area contributed by atoms with Crippen LogP contribution in [-0.4, -0.2) is 18.0 Å². The Bertz CT molecular complexity index is 364. The lowest BCUT2D eigenvalue weighted by atomic mass is 10.0. The predicted molar refractivity (Wildman–Crippen MR) is 50.8 cm³/mol. The SMILES string of the molecule is N#CC1CN(Cc2ccccc2F)C1. The largest absolute Gasteiger partial charge is 0.296 e. The molecule has 0 atom stereocenters. The average molecular weight is 190 g/mol. The summed E-state index contributed by atoms with van der Waals surface area (Å²) in [6.45, 7) is 2.15. The molecule has 1 saturated heterocycles. The van der Waals surface area contributed by atoms with E-state index in [0.717, 1.165) is 13.1 Å². The molecule has 2 rings (SSSR count). The van der Waals surface area contributed by atoms with Gasteiger partial charge in [0.25, 0.3) is 0 Å². The number of nitrogens with zero attached hydrogens (tertiary/aromatic N) is 2. The molecule has 1 aromatic rings. The molecule has 0 amide bonds. The smallest absolute Gasteiger partial charge is 0.127 e. The van der Waals surface area contributed by atoms with Gasteiger partial charge in [0, 0.05) is 25.2 Å². The zero-order chi connectivity index (χ0) is 9.97. The zero-order valence-corrected chi connectivity index (χ0v) is 7.78. The van der Waals surface area contributed by atoms with E-state index in [0.29, 0.717) is 12.1 Å². The number of likely N-dealkylation sites (tertiary alicyclic amines) is 1. The van der Waals surface area contributed by atoms with Crippen molar-refractivity contribution in [1.82, 2.24) is 4.90 Å². The lowest BCUT2D eigenvalue weighted by Crippen LogP contribution is -2.45. The van der Waals surface area contributed by atoms with Crippen LogP contribution in [0.15, 0.2) is 24.3 Å². The minimum atomic E-state index is -0.159.